The van der Waals surface area contributed by atoms with E-state index >= 15 is 0 Å². The van der Waals surface area contributed by atoms with E-state index in [1.165, 1.54) is 0 Å². The lowest BCUT2D eigenvalue weighted by molar-refractivity contribution is 0.0968. The molecule has 2 aromatic rings. The highest BCUT2D eigenvalue weighted by molar-refractivity contribution is 6.38. The van der Waals surface area contributed by atoms with E-state index in [1.807, 2.05) is 6.07 Å². The number of rotatable bonds is 0. The van der Waals surface area contributed by atoms with Crippen molar-refractivity contribution in [3.05, 3.63) is 33.4 Å². The Hall–Kier alpha value is -0.990. The quantitative estimate of drug-likeness (QED) is 0.757. The summed E-state index contributed by atoms with van der Waals surface area (Å²) < 4.78 is 0. The number of aromatic nitrogens is 1. The number of hydrogen-bond donors (Lipinski definition) is 1. The molecule has 0 saturated heterocycles. The molecule has 0 unspecified atom stereocenters. The lowest BCUT2D eigenvalue weighted by Gasteiger charge is -2.09. The average molecular weight is 254 g/mol. The second-order valence-electron chi connectivity index (χ2n) is 4.07. The van der Waals surface area contributed by atoms with Crippen LogP contribution in [0, 0.1) is 0 Å². The first-order chi connectivity index (χ1) is 7.66. The number of nitrogens with one attached hydrogen (secondary N) is 1. The maximum Gasteiger partial charge on any atom is 0.179 e. The van der Waals surface area contributed by atoms with Gasteiger partial charge in [-0.25, -0.2) is 0 Å². The molecular formula is C12H9Cl2NO. The van der Waals surface area contributed by atoms with E-state index in [1.54, 1.807) is 6.07 Å². The molecule has 16 heavy (non-hydrogen) atoms. The van der Waals surface area contributed by atoms with Gasteiger partial charge in [-0.15, -0.1) is 0 Å². The standard InChI is InChI=1S/C12H9Cl2NO/c13-6-4-8-7-2-1-3-10(16)12(7)15-11(8)9(14)5-6/h4-5,15H,1-3H2. The first-order valence-corrected chi connectivity index (χ1v) is 5.95. The van der Waals surface area contributed by atoms with E-state index in [2.05, 4.69) is 4.98 Å². The lowest BCUT2D eigenvalue weighted by atomic mass is 9.95. The molecule has 0 saturated carbocycles. The summed E-state index contributed by atoms with van der Waals surface area (Å²) in [6.07, 6.45) is 2.44. The second-order valence-corrected chi connectivity index (χ2v) is 4.91. The number of H-pyrrole nitrogens is 1. The number of aromatic amines is 1. The number of carbonyl (C=O) groups is 1. The second kappa shape index (κ2) is 3.51. The van der Waals surface area contributed by atoms with Gasteiger partial charge in [-0.2, -0.15) is 0 Å². The predicted octanol–water partition coefficient (Wildman–Crippen LogP) is 3.99. The van der Waals surface area contributed by atoms with E-state index in [-0.39, 0.29) is 5.78 Å². The van der Waals surface area contributed by atoms with Crippen LogP contribution < -0.4 is 0 Å². The molecule has 0 aliphatic heterocycles. The Labute approximate surface area is 103 Å². The summed E-state index contributed by atoms with van der Waals surface area (Å²) in [7, 11) is 0. The van der Waals surface area contributed by atoms with Crippen molar-refractivity contribution in [2.24, 2.45) is 0 Å². The fourth-order valence-electron chi connectivity index (χ4n) is 2.32. The van der Waals surface area contributed by atoms with Crippen LogP contribution >= 0.6 is 23.2 Å². The van der Waals surface area contributed by atoms with E-state index in [9.17, 15) is 4.79 Å². The molecule has 1 aliphatic carbocycles. The van der Waals surface area contributed by atoms with Gasteiger partial charge < -0.3 is 4.98 Å². The van der Waals surface area contributed by atoms with E-state index in [0.29, 0.717) is 22.2 Å². The van der Waals surface area contributed by atoms with Crippen molar-refractivity contribution < 1.29 is 4.79 Å². The van der Waals surface area contributed by atoms with Crippen LogP contribution in [0.1, 0.15) is 28.9 Å². The Balaban J connectivity index is 2.40. The molecule has 1 heterocycles. The summed E-state index contributed by atoms with van der Waals surface area (Å²) in [5.41, 5.74) is 2.60. The number of aryl methyl sites for hydroxylation is 1. The zero-order chi connectivity index (χ0) is 11.3. The zero-order valence-electron chi connectivity index (χ0n) is 8.44. The number of Topliss-reactive ketones (excluding diaryl/α,β-unsaturated/α-hetero) is 1. The molecule has 3 rings (SSSR count). The highest BCUT2D eigenvalue weighted by Gasteiger charge is 2.22. The van der Waals surface area contributed by atoms with E-state index in [4.69, 9.17) is 23.2 Å². The first-order valence-electron chi connectivity index (χ1n) is 5.19. The summed E-state index contributed by atoms with van der Waals surface area (Å²) >= 11 is 12.1. The van der Waals surface area contributed by atoms with Gasteiger partial charge >= 0.3 is 0 Å². The number of halogens is 2. The van der Waals surface area contributed by atoms with Crippen LogP contribution in [0.3, 0.4) is 0 Å². The SMILES string of the molecule is O=C1CCCc2c1[nH]c1c(Cl)cc(Cl)cc21. The van der Waals surface area contributed by atoms with Crippen molar-refractivity contribution in [2.45, 2.75) is 19.3 Å². The highest BCUT2D eigenvalue weighted by Crippen LogP contribution is 2.34. The smallest absolute Gasteiger partial charge is 0.179 e. The summed E-state index contributed by atoms with van der Waals surface area (Å²) in [6.45, 7) is 0. The number of ketones is 1. The minimum atomic E-state index is 0.171. The molecule has 1 N–H and O–H groups in total. The first kappa shape index (κ1) is 10.2. The Morgan fingerprint density at radius 2 is 2.00 bits per heavy atom. The van der Waals surface area contributed by atoms with Crippen LogP contribution in [0.4, 0.5) is 0 Å². The molecule has 4 heteroatoms. The number of fused-ring (bicyclic) bond motifs is 3. The van der Waals surface area contributed by atoms with E-state index < -0.39 is 0 Å². The van der Waals surface area contributed by atoms with Crippen LogP contribution in [0.2, 0.25) is 10.0 Å². The van der Waals surface area contributed by atoms with Gasteiger partial charge in [-0.05, 0) is 30.5 Å². The maximum atomic E-state index is 11.7. The van der Waals surface area contributed by atoms with Gasteiger partial charge in [0.05, 0.1) is 16.2 Å². The Morgan fingerprint density at radius 3 is 2.81 bits per heavy atom. The van der Waals surface area contributed by atoms with Crippen molar-refractivity contribution in [3.63, 3.8) is 0 Å². The van der Waals surface area contributed by atoms with Crippen LogP contribution in [0.15, 0.2) is 12.1 Å². The van der Waals surface area contributed by atoms with Crippen LogP contribution in [-0.4, -0.2) is 10.8 Å². The highest BCUT2D eigenvalue weighted by atomic mass is 35.5. The minimum Gasteiger partial charge on any atom is -0.351 e. The largest absolute Gasteiger partial charge is 0.351 e. The third-order valence-corrected chi connectivity index (χ3v) is 3.56. The van der Waals surface area contributed by atoms with Gasteiger partial charge in [-0.3, -0.25) is 4.79 Å². The van der Waals surface area contributed by atoms with Gasteiger partial charge in [0.15, 0.2) is 5.78 Å². The molecule has 0 radical (unpaired) electrons. The van der Waals surface area contributed by atoms with Gasteiger partial charge in [-0.1, -0.05) is 23.2 Å². The maximum absolute atomic E-state index is 11.7. The molecule has 2 nitrogen and oxygen atoms in total. The molecule has 0 bridgehead atoms. The van der Waals surface area contributed by atoms with Gasteiger partial charge in [0.25, 0.3) is 0 Å². The summed E-state index contributed by atoms with van der Waals surface area (Å²) in [5, 5.41) is 2.17. The minimum absolute atomic E-state index is 0.171. The lowest BCUT2D eigenvalue weighted by Crippen LogP contribution is -2.09. The van der Waals surface area contributed by atoms with Gasteiger partial charge in [0.2, 0.25) is 0 Å². The van der Waals surface area contributed by atoms with E-state index in [0.717, 1.165) is 29.3 Å². The molecule has 0 spiro atoms. The van der Waals surface area contributed by atoms with Gasteiger partial charge in [0.1, 0.15) is 0 Å². The molecule has 0 amide bonds. The van der Waals surface area contributed by atoms with Crippen molar-refractivity contribution >= 4 is 39.9 Å². The molecule has 0 atom stereocenters. The Morgan fingerprint density at radius 1 is 1.19 bits per heavy atom. The number of benzene rings is 1. The summed E-state index contributed by atoms with van der Waals surface area (Å²) in [4.78, 5) is 14.9. The van der Waals surface area contributed by atoms with Gasteiger partial charge in [0, 0.05) is 16.8 Å². The molecule has 82 valence electrons. The van der Waals surface area contributed by atoms with Crippen molar-refractivity contribution in [3.8, 4) is 0 Å². The average Bonchev–Trinajstić information content (AvgIpc) is 2.59. The summed E-state index contributed by atoms with van der Waals surface area (Å²) in [5.74, 6) is 0.171. The Bertz CT molecular complexity index is 601. The molecule has 1 aliphatic rings. The van der Waals surface area contributed by atoms with Crippen molar-refractivity contribution in [1.82, 2.24) is 4.98 Å². The normalized spacial score (nSPS) is 15.5. The van der Waals surface area contributed by atoms with Crippen LogP contribution in [0.25, 0.3) is 10.9 Å². The molecule has 0 fully saturated rings. The topological polar surface area (TPSA) is 32.9 Å². The fourth-order valence-corrected chi connectivity index (χ4v) is 2.86. The fraction of sp³-hybridized carbons (Fsp3) is 0.250. The van der Waals surface area contributed by atoms with Crippen LogP contribution in [-0.2, 0) is 6.42 Å². The third kappa shape index (κ3) is 1.37. The molecular weight excluding hydrogens is 245 g/mol. The van der Waals surface area contributed by atoms with Crippen molar-refractivity contribution in [1.29, 1.82) is 0 Å². The number of carbonyl (C=O) groups excluding carboxylic acids is 1. The monoisotopic (exact) mass is 253 g/mol. The molecule has 1 aromatic heterocycles. The predicted molar refractivity (Wildman–Crippen MR) is 65.6 cm³/mol. The third-order valence-electron chi connectivity index (χ3n) is 3.04. The zero-order valence-corrected chi connectivity index (χ0v) is 9.95. The number of hydrogen-bond acceptors (Lipinski definition) is 1. The molecule has 1 aromatic carbocycles. The van der Waals surface area contributed by atoms with Crippen LogP contribution in [0.5, 0.6) is 0 Å². The summed E-state index contributed by atoms with van der Waals surface area (Å²) in [6, 6.07) is 3.56. The van der Waals surface area contributed by atoms with Crippen molar-refractivity contribution in [2.75, 3.05) is 0 Å². The Kier molecular flexibility index (Phi) is 2.23.